The molecular weight excluding hydrogens is 424 g/mol. The molecule has 4 aromatic rings. The molecule has 0 unspecified atom stereocenters. The minimum Gasteiger partial charge on any atom is -0.300 e. The molecular formula is C25H14N2O2S2. The minimum atomic E-state index is -0.305. The summed E-state index contributed by atoms with van der Waals surface area (Å²) in [5.74, 6) is -0.561. The molecule has 0 amide bonds. The number of ketones is 2. The number of pyridine rings is 1. The van der Waals surface area contributed by atoms with Crippen LogP contribution in [-0.4, -0.2) is 16.6 Å². The number of hydrogen-bond acceptors (Lipinski definition) is 6. The highest BCUT2D eigenvalue weighted by Gasteiger charge is 2.34. The van der Waals surface area contributed by atoms with Crippen molar-refractivity contribution in [3.05, 3.63) is 101 Å². The summed E-state index contributed by atoms with van der Waals surface area (Å²) in [5, 5.41) is 1.03. The summed E-state index contributed by atoms with van der Waals surface area (Å²) >= 11 is 3.31. The van der Waals surface area contributed by atoms with Gasteiger partial charge in [-0.15, -0.1) is 11.3 Å². The first-order valence-electron chi connectivity index (χ1n) is 9.73. The number of carbonyl (C=O) groups is 2. The van der Waals surface area contributed by atoms with Crippen molar-refractivity contribution in [3.63, 3.8) is 0 Å². The highest BCUT2D eigenvalue weighted by atomic mass is 32.2. The minimum absolute atomic E-state index is 0.178. The van der Waals surface area contributed by atoms with E-state index in [0.29, 0.717) is 5.56 Å². The Morgan fingerprint density at radius 2 is 1.48 bits per heavy atom. The van der Waals surface area contributed by atoms with Gasteiger partial charge in [0.05, 0.1) is 22.5 Å². The van der Waals surface area contributed by atoms with Gasteiger partial charge >= 0.3 is 0 Å². The number of Topliss-reactive ketones (excluding diaryl/α,β-unsaturated/α-hetero) is 2. The summed E-state index contributed by atoms with van der Waals surface area (Å²) < 4.78 is 0. The summed E-state index contributed by atoms with van der Waals surface area (Å²) in [7, 11) is 0. The van der Waals surface area contributed by atoms with Crippen LogP contribution in [0.4, 0.5) is 16.4 Å². The molecule has 0 spiro atoms. The Labute approximate surface area is 186 Å². The van der Waals surface area contributed by atoms with Gasteiger partial charge in [-0.2, -0.15) is 0 Å². The molecule has 31 heavy (non-hydrogen) atoms. The summed E-state index contributed by atoms with van der Waals surface area (Å²) in [5.41, 5.74) is 3.05. The first-order valence-corrected chi connectivity index (χ1v) is 11.4. The van der Waals surface area contributed by atoms with Crippen LogP contribution in [-0.2, 0) is 0 Å². The zero-order valence-corrected chi connectivity index (χ0v) is 17.7. The Morgan fingerprint density at radius 1 is 0.774 bits per heavy atom. The third-order valence-electron chi connectivity index (χ3n) is 5.31. The fourth-order valence-electron chi connectivity index (χ4n) is 3.90. The third-order valence-corrected chi connectivity index (χ3v) is 7.46. The summed E-state index contributed by atoms with van der Waals surface area (Å²) in [6, 6.07) is 24.0. The zero-order valence-electron chi connectivity index (χ0n) is 16.1. The van der Waals surface area contributed by atoms with Crippen LogP contribution in [0.5, 0.6) is 0 Å². The highest BCUT2D eigenvalue weighted by Crippen LogP contribution is 2.52. The Morgan fingerprint density at radius 3 is 2.19 bits per heavy atom. The number of allylic oxidation sites excluding steroid dienone is 1. The number of hydrogen-bond donors (Lipinski definition) is 0. The van der Waals surface area contributed by atoms with Crippen molar-refractivity contribution in [3.8, 4) is 0 Å². The van der Waals surface area contributed by atoms with E-state index in [-0.39, 0.29) is 22.8 Å². The van der Waals surface area contributed by atoms with Gasteiger partial charge in [0, 0.05) is 20.9 Å². The van der Waals surface area contributed by atoms with Crippen LogP contribution in [0, 0.1) is 0 Å². The van der Waals surface area contributed by atoms with Gasteiger partial charge in [-0.05, 0) is 54.6 Å². The van der Waals surface area contributed by atoms with Gasteiger partial charge in [-0.25, -0.2) is 0 Å². The van der Waals surface area contributed by atoms with Crippen molar-refractivity contribution in [2.24, 2.45) is 0 Å². The van der Waals surface area contributed by atoms with Crippen molar-refractivity contribution in [2.75, 3.05) is 4.90 Å². The summed E-state index contributed by atoms with van der Waals surface area (Å²) in [4.78, 5) is 35.0. The number of rotatable bonds is 2. The van der Waals surface area contributed by atoms with Crippen LogP contribution < -0.4 is 4.90 Å². The van der Waals surface area contributed by atoms with Gasteiger partial charge in [0.15, 0.2) is 5.78 Å². The van der Waals surface area contributed by atoms with Crippen LogP contribution in [0.15, 0.2) is 94.4 Å². The molecule has 2 aliphatic rings. The first-order chi connectivity index (χ1) is 15.2. The quantitative estimate of drug-likeness (QED) is 0.231. The molecule has 0 saturated heterocycles. The number of aromatic nitrogens is 1. The molecule has 0 radical (unpaired) electrons. The molecule has 0 saturated carbocycles. The first kappa shape index (κ1) is 18.3. The van der Waals surface area contributed by atoms with Crippen LogP contribution in [0.25, 0.3) is 6.08 Å². The van der Waals surface area contributed by atoms with Crippen molar-refractivity contribution >= 4 is 57.1 Å². The van der Waals surface area contributed by atoms with Gasteiger partial charge in [-0.3, -0.25) is 19.5 Å². The molecule has 0 fully saturated rings. The average Bonchev–Trinajstić information content (AvgIpc) is 3.36. The molecule has 4 nitrogen and oxygen atoms in total. The SMILES string of the molecule is O=C1/C(=C/c2ccc(N3c4ccccc4Sc4ccccc43)s2)C(=O)c2ncccc21. The lowest BCUT2D eigenvalue weighted by Gasteiger charge is -2.31. The predicted molar refractivity (Wildman–Crippen MR) is 124 cm³/mol. The number of anilines is 3. The molecule has 0 atom stereocenters. The fourth-order valence-corrected chi connectivity index (χ4v) is 5.94. The fraction of sp³-hybridized carbons (Fsp3) is 0. The van der Waals surface area contributed by atoms with Gasteiger partial charge in [0.25, 0.3) is 0 Å². The smallest absolute Gasteiger partial charge is 0.216 e. The van der Waals surface area contributed by atoms with Crippen molar-refractivity contribution in [2.45, 2.75) is 9.79 Å². The summed E-state index contributed by atoms with van der Waals surface area (Å²) in [6.07, 6.45) is 3.23. The molecule has 2 aromatic carbocycles. The van der Waals surface area contributed by atoms with Gasteiger partial charge in [-0.1, -0.05) is 36.0 Å². The van der Waals surface area contributed by atoms with Crippen LogP contribution in [0.1, 0.15) is 25.7 Å². The highest BCUT2D eigenvalue weighted by molar-refractivity contribution is 7.99. The number of benzene rings is 2. The van der Waals surface area contributed by atoms with E-state index in [9.17, 15) is 9.59 Å². The number of nitrogens with zero attached hydrogens (tertiary/aromatic N) is 2. The molecule has 0 N–H and O–H groups in total. The van der Waals surface area contributed by atoms with E-state index in [1.807, 2.05) is 36.4 Å². The normalized spacial score (nSPS) is 15.7. The van der Waals surface area contributed by atoms with E-state index in [1.165, 1.54) is 9.79 Å². The maximum absolute atomic E-state index is 12.7. The number of para-hydroxylation sites is 2. The second-order valence-electron chi connectivity index (χ2n) is 7.16. The molecule has 6 heteroatoms. The van der Waals surface area contributed by atoms with Crippen LogP contribution >= 0.6 is 23.1 Å². The van der Waals surface area contributed by atoms with Gasteiger partial charge < -0.3 is 0 Å². The monoisotopic (exact) mass is 438 g/mol. The Bertz CT molecular complexity index is 1340. The van der Waals surface area contributed by atoms with Gasteiger partial charge in [0.1, 0.15) is 10.7 Å². The number of fused-ring (bicyclic) bond motifs is 3. The standard InChI is InChI=1S/C25H14N2O2S2/c28-24-16-6-5-13-26-23(16)25(29)17(24)14-15-11-12-22(30-15)27-18-7-1-3-9-20(18)31-21-10-4-2-8-19(21)27/h1-14H/b17-14-. The Kier molecular flexibility index (Phi) is 4.16. The average molecular weight is 439 g/mol. The molecule has 3 heterocycles. The lowest BCUT2D eigenvalue weighted by atomic mass is 10.1. The second kappa shape index (κ2) is 7.04. The Balaban J connectivity index is 1.43. The van der Waals surface area contributed by atoms with E-state index in [0.717, 1.165) is 21.3 Å². The molecule has 1 aliphatic carbocycles. The molecule has 6 rings (SSSR count). The largest absolute Gasteiger partial charge is 0.300 e. The second-order valence-corrected chi connectivity index (χ2v) is 9.34. The number of carbonyl (C=O) groups excluding carboxylic acids is 2. The van der Waals surface area contributed by atoms with Crippen LogP contribution in [0.3, 0.4) is 0 Å². The van der Waals surface area contributed by atoms with Crippen molar-refractivity contribution in [1.82, 2.24) is 4.98 Å². The summed E-state index contributed by atoms with van der Waals surface area (Å²) in [6.45, 7) is 0. The lowest BCUT2D eigenvalue weighted by molar-refractivity contribution is 0.0989. The number of thiophene rings is 1. The third kappa shape index (κ3) is 2.87. The van der Waals surface area contributed by atoms with E-state index in [2.05, 4.69) is 34.1 Å². The topological polar surface area (TPSA) is 50.3 Å². The van der Waals surface area contributed by atoms with E-state index < -0.39 is 0 Å². The molecule has 1 aliphatic heterocycles. The predicted octanol–water partition coefficient (Wildman–Crippen LogP) is 6.54. The molecule has 2 aromatic heterocycles. The van der Waals surface area contributed by atoms with Crippen LogP contribution in [0.2, 0.25) is 0 Å². The van der Waals surface area contributed by atoms with E-state index in [1.54, 1.807) is 47.5 Å². The lowest BCUT2D eigenvalue weighted by Crippen LogP contribution is -2.13. The van der Waals surface area contributed by atoms with Crippen molar-refractivity contribution < 1.29 is 9.59 Å². The van der Waals surface area contributed by atoms with E-state index in [4.69, 9.17) is 0 Å². The maximum atomic E-state index is 12.7. The zero-order chi connectivity index (χ0) is 20.9. The van der Waals surface area contributed by atoms with Gasteiger partial charge in [0.2, 0.25) is 5.78 Å². The van der Waals surface area contributed by atoms with Crippen molar-refractivity contribution in [1.29, 1.82) is 0 Å². The Hall–Kier alpha value is -3.48. The maximum Gasteiger partial charge on any atom is 0.216 e. The molecule has 148 valence electrons. The van der Waals surface area contributed by atoms with E-state index >= 15 is 0 Å². The molecule has 0 bridgehead atoms.